The number of hydrogen-bond donors (Lipinski definition) is 0. The molecule has 1 saturated heterocycles. The van der Waals surface area contributed by atoms with Crippen LogP contribution in [0.5, 0.6) is 5.88 Å². The summed E-state index contributed by atoms with van der Waals surface area (Å²) in [5, 5.41) is 0. The normalized spacial score (nSPS) is 22.0. The van der Waals surface area contributed by atoms with Gasteiger partial charge in [0.15, 0.2) is 0 Å². The monoisotopic (exact) mass is 290 g/mol. The molecule has 1 atom stereocenters. The summed E-state index contributed by atoms with van der Waals surface area (Å²) in [6.45, 7) is 1.47. The number of aromatic nitrogens is 2. The van der Waals surface area contributed by atoms with E-state index < -0.39 is 0 Å². The van der Waals surface area contributed by atoms with E-state index >= 15 is 0 Å². The molecule has 2 aliphatic rings. The SMILES string of the molecule is CN(C)c1cc(OC2CCN(C(=O)C3CCC3)C2)ncn1. The lowest BCUT2D eigenvalue weighted by molar-refractivity contribution is -0.137. The minimum absolute atomic E-state index is 0.0407. The Morgan fingerprint density at radius 1 is 1.33 bits per heavy atom. The van der Waals surface area contributed by atoms with Crippen LogP contribution in [-0.2, 0) is 4.79 Å². The van der Waals surface area contributed by atoms with Crippen LogP contribution in [-0.4, -0.2) is 54.1 Å². The van der Waals surface area contributed by atoms with Gasteiger partial charge >= 0.3 is 0 Å². The van der Waals surface area contributed by atoms with Gasteiger partial charge in [0.05, 0.1) is 6.54 Å². The van der Waals surface area contributed by atoms with E-state index in [9.17, 15) is 4.79 Å². The molecule has 1 aromatic heterocycles. The van der Waals surface area contributed by atoms with E-state index in [1.165, 1.54) is 12.7 Å². The van der Waals surface area contributed by atoms with E-state index in [0.717, 1.165) is 31.6 Å². The highest BCUT2D eigenvalue weighted by Gasteiger charge is 2.34. The number of carbonyl (C=O) groups excluding carboxylic acids is 1. The predicted molar refractivity (Wildman–Crippen MR) is 79.3 cm³/mol. The van der Waals surface area contributed by atoms with Gasteiger partial charge in [0.25, 0.3) is 0 Å². The van der Waals surface area contributed by atoms with Crippen LogP contribution < -0.4 is 9.64 Å². The zero-order valence-electron chi connectivity index (χ0n) is 12.7. The summed E-state index contributed by atoms with van der Waals surface area (Å²) >= 11 is 0. The second-order valence-corrected chi connectivity index (χ2v) is 6.05. The lowest BCUT2D eigenvalue weighted by atomic mass is 9.84. The van der Waals surface area contributed by atoms with Crippen LogP contribution in [0.15, 0.2) is 12.4 Å². The molecule has 1 aromatic rings. The van der Waals surface area contributed by atoms with Gasteiger partial charge in [-0.25, -0.2) is 9.97 Å². The lowest BCUT2D eigenvalue weighted by Gasteiger charge is -2.29. The molecule has 1 saturated carbocycles. The van der Waals surface area contributed by atoms with Gasteiger partial charge in [-0.2, -0.15) is 0 Å². The number of hydrogen-bond acceptors (Lipinski definition) is 5. The molecule has 6 heteroatoms. The standard InChI is InChI=1S/C15H22N4O2/c1-18(2)13-8-14(17-10-16-13)21-12-6-7-19(9-12)15(20)11-4-3-5-11/h8,10-12H,3-7,9H2,1-2H3. The summed E-state index contributed by atoms with van der Waals surface area (Å²) in [5.41, 5.74) is 0. The highest BCUT2D eigenvalue weighted by molar-refractivity contribution is 5.79. The van der Waals surface area contributed by atoms with Crippen molar-refractivity contribution in [1.29, 1.82) is 0 Å². The highest BCUT2D eigenvalue weighted by atomic mass is 16.5. The first-order valence-electron chi connectivity index (χ1n) is 7.58. The summed E-state index contributed by atoms with van der Waals surface area (Å²) in [7, 11) is 3.86. The first-order valence-corrected chi connectivity index (χ1v) is 7.58. The van der Waals surface area contributed by atoms with Gasteiger partial charge in [-0.3, -0.25) is 4.79 Å². The van der Waals surface area contributed by atoms with Gasteiger partial charge in [-0.1, -0.05) is 6.42 Å². The van der Waals surface area contributed by atoms with Crippen LogP contribution in [0.2, 0.25) is 0 Å². The molecule has 1 aliphatic heterocycles. The third-order valence-corrected chi connectivity index (χ3v) is 4.28. The number of anilines is 1. The Morgan fingerprint density at radius 3 is 2.81 bits per heavy atom. The van der Waals surface area contributed by atoms with Gasteiger partial charge in [0.2, 0.25) is 11.8 Å². The zero-order valence-corrected chi connectivity index (χ0v) is 12.7. The first-order chi connectivity index (χ1) is 10.1. The van der Waals surface area contributed by atoms with Crippen molar-refractivity contribution in [3.05, 3.63) is 12.4 Å². The van der Waals surface area contributed by atoms with Crippen molar-refractivity contribution in [2.75, 3.05) is 32.1 Å². The third-order valence-electron chi connectivity index (χ3n) is 4.28. The van der Waals surface area contributed by atoms with Crippen molar-refractivity contribution in [3.63, 3.8) is 0 Å². The first kappa shape index (κ1) is 14.1. The van der Waals surface area contributed by atoms with Gasteiger partial charge < -0.3 is 14.5 Å². The Balaban J connectivity index is 1.57. The lowest BCUT2D eigenvalue weighted by Crippen LogP contribution is -2.38. The van der Waals surface area contributed by atoms with Gasteiger partial charge in [-0.05, 0) is 12.8 Å². The maximum Gasteiger partial charge on any atom is 0.225 e. The third kappa shape index (κ3) is 3.09. The van der Waals surface area contributed by atoms with Gasteiger partial charge in [0.1, 0.15) is 18.2 Å². The molecular formula is C15H22N4O2. The molecule has 3 rings (SSSR count). The second kappa shape index (κ2) is 5.87. The molecule has 21 heavy (non-hydrogen) atoms. The van der Waals surface area contributed by atoms with Crippen LogP contribution in [0.3, 0.4) is 0 Å². The zero-order chi connectivity index (χ0) is 14.8. The number of carbonyl (C=O) groups is 1. The fourth-order valence-electron chi connectivity index (χ4n) is 2.75. The topological polar surface area (TPSA) is 58.6 Å². The summed E-state index contributed by atoms with van der Waals surface area (Å²) in [5.74, 6) is 1.98. The van der Waals surface area contributed by atoms with E-state index in [2.05, 4.69) is 9.97 Å². The van der Waals surface area contributed by atoms with Gasteiger partial charge in [0, 0.05) is 39.0 Å². The van der Waals surface area contributed by atoms with Crippen LogP contribution in [0, 0.1) is 5.92 Å². The molecule has 0 bridgehead atoms. The maximum absolute atomic E-state index is 12.2. The van der Waals surface area contributed by atoms with Crippen molar-refractivity contribution in [3.8, 4) is 5.88 Å². The summed E-state index contributed by atoms with van der Waals surface area (Å²) in [6, 6.07) is 1.83. The molecular weight excluding hydrogens is 268 g/mol. The summed E-state index contributed by atoms with van der Waals surface area (Å²) < 4.78 is 5.91. The Labute approximate surface area is 125 Å². The van der Waals surface area contributed by atoms with E-state index in [0.29, 0.717) is 18.3 Å². The smallest absolute Gasteiger partial charge is 0.225 e. The molecule has 0 N–H and O–H groups in total. The molecule has 6 nitrogen and oxygen atoms in total. The van der Waals surface area contributed by atoms with Crippen molar-refractivity contribution in [2.24, 2.45) is 5.92 Å². The quantitative estimate of drug-likeness (QED) is 0.837. The van der Waals surface area contributed by atoms with Crippen molar-refractivity contribution >= 4 is 11.7 Å². The molecule has 114 valence electrons. The number of likely N-dealkylation sites (tertiary alicyclic amines) is 1. The van der Waals surface area contributed by atoms with E-state index in [1.54, 1.807) is 0 Å². The number of rotatable bonds is 4. The molecule has 1 unspecified atom stereocenters. The van der Waals surface area contributed by atoms with Gasteiger partial charge in [-0.15, -0.1) is 0 Å². The maximum atomic E-state index is 12.2. The average Bonchev–Trinajstić information content (AvgIpc) is 2.85. The Kier molecular flexibility index (Phi) is 3.94. The number of nitrogens with zero attached hydrogens (tertiary/aromatic N) is 4. The number of amides is 1. The summed E-state index contributed by atoms with van der Waals surface area (Å²) in [6.07, 6.45) is 5.73. The van der Waals surface area contributed by atoms with Crippen LogP contribution in [0.25, 0.3) is 0 Å². The molecule has 2 heterocycles. The molecule has 0 spiro atoms. The minimum atomic E-state index is 0.0407. The van der Waals surface area contributed by atoms with Crippen LogP contribution in [0.1, 0.15) is 25.7 Å². The van der Waals surface area contributed by atoms with Crippen molar-refractivity contribution in [1.82, 2.24) is 14.9 Å². The largest absolute Gasteiger partial charge is 0.472 e. The fraction of sp³-hybridized carbons (Fsp3) is 0.667. The Hall–Kier alpha value is -1.85. The van der Waals surface area contributed by atoms with E-state index in [1.807, 2.05) is 30.0 Å². The minimum Gasteiger partial charge on any atom is -0.472 e. The van der Waals surface area contributed by atoms with Crippen LogP contribution >= 0.6 is 0 Å². The predicted octanol–water partition coefficient (Wildman–Crippen LogP) is 1.32. The van der Waals surface area contributed by atoms with Crippen molar-refractivity contribution in [2.45, 2.75) is 31.8 Å². The Bertz CT molecular complexity index is 516. The van der Waals surface area contributed by atoms with Crippen molar-refractivity contribution < 1.29 is 9.53 Å². The summed E-state index contributed by atoms with van der Waals surface area (Å²) in [4.78, 5) is 24.4. The number of ether oxygens (including phenoxy) is 1. The molecule has 0 radical (unpaired) electrons. The molecule has 1 aliphatic carbocycles. The van der Waals surface area contributed by atoms with Crippen LogP contribution in [0.4, 0.5) is 5.82 Å². The Morgan fingerprint density at radius 2 is 2.14 bits per heavy atom. The second-order valence-electron chi connectivity index (χ2n) is 6.05. The van der Waals surface area contributed by atoms with E-state index in [4.69, 9.17) is 4.74 Å². The van der Waals surface area contributed by atoms with E-state index in [-0.39, 0.29) is 12.0 Å². The molecule has 2 fully saturated rings. The molecule has 1 amide bonds. The highest BCUT2D eigenvalue weighted by Crippen LogP contribution is 2.30. The molecule has 0 aromatic carbocycles. The average molecular weight is 290 g/mol. The fourth-order valence-corrected chi connectivity index (χ4v) is 2.75.